The number of phenols is 1. The van der Waals surface area contributed by atoms with E-state index in [0.717, 1.165) is 17.5 Å². The zero-order valence-electron chi connectivity index (χ0n) is 13.1. The lowest BCUT2D eigenvalue weighted by molar-refractivity contribution is 0.0233. The van der Waals surface area contributed by atoms with E-state index in [-0.39, 0.29) is 11.8 Å². The number of hydrogen-bond acceptors (Lipinski definition) is 3. The predicted octanol–water partition coefficient (Wildman–Crippen LogP) is 3.85. The van der Waals surface area contributed by atoms with Crippen molar-refractivity contribution in [2.45, 2.75) is 53.2 Å². The fourth-order valence-electron chi connectivity index (χ4n) is 1.87. The first-order valence-electron chi connectivity index (χ1n) is 6.99. The normalized spacial score (nSPS) is 11.2. The molecule has 0 fully saturated rings. The largest absolute Gasteiger partial charge is 0.508 e. The van der Waals surface area contributed by atoms with Crippen LogP contribution in [0.25, 0.3) is 0 Å². The average Bonchev–Trinajstić information content (AvgIpc) is 2.31. The number of phenolic OH excluding ortho intramolecular Hbond substituents is 1. The standard InChI is InChI=1S/C16H25NO3/c1-6-9-17(15(19)20-16(3,4)5)11-13-10-14(18)8-7-12(13)2/h7-8,10,18H,6,9,11H2,1-5H3. The van der Waals surface area contributed by atoms with Crippen molar-refractivity contribution >= 4 is 6.09 Å². The second-order valence-electron chi connectivity index (χ2n) is 6.01. The summed E-state index contributed by atoms with van der Waals surface area (Å²) in [6.07, 6.45) is 0.541. The highest BCUT2D eigenvalue weighted by molar-refractivity contribution is 5.68. The molecule has 0 unspecified atom stereocenters. The maximum Gasteiger partial charge on any atom is 0.410 e. The van der Waals surface area contributed by atoms with E-state index in [0.29, 0.717) is 13.1 Å². The van der Waals surface area contributed by atoms with E-state index in [2.05, 4.69) is 0 Å². The Labute approximate surface area is 121 Å². The lowest BCUT2D eigenvalue weighted by atomic mass is 10.1. The lowest BCUT2D eigenvalue weighted by Crippen LogP contribution is -2.37. The van der Waals surface area contributed by atoms with Crippen LogP contribution in [0.1, 0.15) is 45.2 Å². The highest BCUT2D eigenvalue weighted by atomic mass is 16.6. The van der Waals surface area contributed by atoms with Gasteiger partial charge in [0.15, 0.2) is 0 Å². The van der Waals surface area contributed by atoms with Crippen LogP contribution in [0.2, 0.25) is 0 Å². The van der Waals surface area contributed by atoms with Crippen LogP contribution in [0, 0.1) is 6.92 Å². The van der Waals surface area contributed by atoms with Gasteiger partial charge < -0.3 is 14.7 Å². The molecule has 0 aliphatic rings. The highest BCUT2D eigenvalue weighted by Crippen LogP contribution is 2.19. The van der Waals surface area contributed by atoms with Crippen molar-refractivity contribution in [1.82, 2.24) is 4.90 Å². The van der Waals surface area contributed by atoms with Gasteiger partial charge in [0.05, 0.1) is 0 Å². The van der Waals surface area contributed by atoms with Gasteiger partial charge in [-0.25, -0.2) is 4.79 Å². The zero-order chi connectivity index (χ0) is 15.3. The molecule has 0 radical (unpaired) electrons. The number of carbonyl (C=O) groups excluding carboxylic acids is 1. The van der Waals surface area contributed by atoms with E-state index in [4.69, 9.17) is 4.74 Å². The van der Waals surface area contributed by atoms with Gasteiger partial charge in [0, 0.05) is 13.1 Å². The number of amides is 1. The van der Waals surface area contributed by atoms with E-state index in [1.54, 1.807) is 17.0 Å². The lowest BCUT2D eigenvalue weighted by Gasteiger charge is -2.27. The first kappa shape index (κ1) is 16.3. The SMILES string of the molecule is CCCN(Cc1cc(O)ccc1C)C(=O)OC(C)(C)C. The van der Waals surface area contributed by atoms with Crippen LogP contribution >= 0.6 is 0 Å². The molecule has 1 N–H and O–H groups in total. The van der Waals surface area contributed by atoms with Gasteiger partial charge in [0.25, 0.3) is 0 Å². The molecule has 0 aliphatic carbocycles. The Bertz CT molecular complexity index is 463. The van der Waals surface area contributed by atoms with Gasteiger partial charge in [-0.2, -0.15) is 0 Å². The molecule has 0 saturated carbocycles. The van der Waals surface area contributed by atoms with Crippen LogP contribution in [-0.2, 0) is 11.3 Å². The van der Waals surface area contributed by atoms with E-state index < -0.39 is 5.60 Å². The van der Waals surface area contributed by atoms with E-state index >= 15 is 0 Å². The topological polar surface area (TPSA) is 49.8 Å². The van der Waals surface area contributed by atoms with Crippen LogP contribution in [0.15, 0.2) is 18.2 Å². The molecule has 4 nitrogen and oxygen atoms in total. The summed E-state index contributed by atoms with van der Waals surface area (Å²) in [6.45, 7) is 10.6. The van der Waals surface area contributed by atoms with Gasteiger partial charge in [-0.05, 0) is 57.4 Å². The Balaban J connectivity index is 2.86. The van der Waals surface area contributed by atoms with Gasteiger partial charge in [0.2, 0.25) is 0 Å². The predicted molar refractivity (Wildman–Crippen MR) is 79.8 cm³/mol. The second-order valence-corrected chi connectivity index (χ2v) is 6.01. The average molecular weight is 279 g/mol. The van der Waals surface area contributed by atoms with Crippen molar-refractivity contribution < 1.29 is 14.6 Å². The molecule has 0 saturated heterocycles. The molecule has 0 aromatic heterocycles. The fourth-order valence-corrected chi connectivity index (χ4v) is 1.87. The minimum absolute atomic E-state index is 0.214. The summed E-state index contributed by atoms with van der Waals surface area (Å²) < 4.78 is 5.42. The molecule has 0 bridgehead atoms. The summed E-state index contributed by atoms with van der Waals surface area (Å²) in [5.74, 6) is 0.214. The summed E-state index contributed by atoms with van der Waals surface area (Å²) in [5, 5.41) is 9.57. The van der Waals surface area contributed by atoms with Gasteiger partial charge in [0.1, 0.15) is 11.4 Å². The first-order valence-corrected chi connectivity index (χ1v) is 6.99. The van der Waals surface area contributed by atoms with Gasteiger partial charge in [-0.15, -0.1) is 0 Å². The molecule has 0 aliphatic heterocycles. The molecule has 0 heterocycles. The summed E-state index contributed by atoms with van der Waals surface area (Å²) in [5.41, 5.74) is 1.48. The number of hydrogen-bond donors (Lipinski definition) is 1. The third-order valence-corrected chi connectivity index (χ3v) is 2.84. The molecule has 1 rings (SSSR count). The third-order valence-electron chi connectivity index (χ3n) is 2.84. The van der Waals surface area contributed by atoms with Gasteiger partial charge in [-0.1, -0.05) is 13.0 Å². The maximum atomic E-state index is 12.2. The van der Waals surface area contributed by atoms with Crippen molar-refractivity contribution in [1.29, 1.82) is 0 Å². The number of benzene rings is 1. The van der Waals surface area contributed by atoms with Gasteiger partial charge in [-0.3, -0.25) is 0 Å². The molecule has 0 spiro atoms. The number of carbonyl (C=O) groups is 1. The first-order chi connectivity index (χ1) is 9.23. The minimum Gasteiger partial charge on any atom is -0.508 e. The number of nitrogens with zero attached hydrogens (tertiary/aromatic N) is 1. The molecule has 20 heavy (non-hydrogen) atoms. The van der Waals surface area contributed by atoms with Crippen LogP contribution in [0.4, 0.5) is 4.79 Å². The number of aryl methyl sites for hydroxylation is 1. The van der Waals surface area contributed by atoms with Crippen molar-refractivity contribution in [3.63, 3.8) is 0 Å². The fraction of sp³-hybridized carbons (Fsp3) is 0.562. The summed E-state index contributed by atoms with van der Waals surface area (Å²) in [7, 11) is 0. The van der Waals surface area contributed by atoms with Crippen molar-refractivity contribution in [2.24, 2.45) is 0 Å². The zero-order valence-corrected chi connectivity index (χ0v) is 13.1. The van der Waals surface area contributed by atoms with Crippen LogP contribution in [0.3, 0.4) is 0 Å². The number of ether oxygens (including phenoxy) is 1. The molecule has 1 aromatic rings. The smallest absolute Gasteiger partial charge is 0.410 e. The van der Waals surface area contributed by atoms with Crippen molar-refractivity contribution in [2.75, 3.05) is 6.54 Å². The third kappa shape index (κ3) is 5.11. The van der Waals surface area contributed by atoms with E-state index in [9.17, 15) is 9.90 Å². The van der Waals surface area contributed by atoms with Gasteiger partial charge >= 0.3 is 6.09 Å². The molecule has 0 atom stereocenters. The summed E-state index contributed by atoms with van der Waals surface area (Å²) >= 11 is 0. The number of aromatic hydroxyl groups is 1. The molecular formula is C16H25NO3. The summed E-state index contributed by atoms with van der Waals surface area (Å²) in [6, 6.07) is 5.20. The quantitative estimate of drug-likeness (QED) is 0.910. The van der Waals surface area contributed by atoms with Crippen molar-refractivity contribution in [3.05, 3.63) is 29.3 Å². The summed E-state index contributed by atoms with van der Waals surface area (Å²) in [4.78, 5) is 13.9. The van der Waals surface area contributed by atoms with E-state index in [1.807, 2.05) is 40.7 Å². The van der Waals surface area contributed by atoms with Crippen LogP contribution in [-0.4, -0.2) is 28.2 Å². The Morgan fingerprint density at radius 1 is 1.35 bits per heavy atom. The molecule has 1 amide bonds. The second kappa shape index (κ2) is 6.64. The molecule has 1 aromatic carbocycles. The monoisotopic (exact) mass is 279 g/mol. The highest BCUT2D eigenvalue weighted by Gasteiger charge is 2.22. The maximum absolute atomic E-state index is 12.2. The van der Waals surface area contributed by atoms with Crippen molar-refractivity contribution in [3.8, 4) is 5.75 Å². The Kier molecular flexibility index (Phi) is 5.43. The van der Waals surface area contributed by atoms with Crippen LogP contribution in [0.5, 0.6) is 5.75 Å². The Hall–Kier alpha value is -1.71. The Morgan fingerprint density at radius 2 is 2.00 bits per heavy atom. The molecule has 4 heteroatoms. The molecular weight excluding hydrogens is 254 g/mol. The van der Waals surface area contributed by atoms with E-state index in [1.165, 1.54) is 0 Å². The molecule has 112 valence electrons. The number of rotatable bonds is 4. The minimum atomic E-state index is -0.503. The Morgan fingerprint density at radius 3 is 2.55 bits per heavy atom. The van der Waals surface area contributed by atoms with Crippen LogP contribution < -0.4 is 0 Å².